The predicted molar refractivity (Wildman–Crippen MR) is 91.0 cm³/mol. The average molecular weight is 330 g/mol. The molecule has 1 heterocycles. The van der Waals surface area contributed by atoms with E-state index in [1.54, 1.807) is 6.20 Å². The average Bonchev–Trinajstić information content (AvgIpc) is 2.52. The summed E-state index contributed by atoms with van der Waals surface area (Å²) in [5.41, 5.74) is 0.00294. The molecule has 0 bridgehead atoms. The molecule has 0 aliphatic heterocycles. The first kappa shape index (κ1) is 17.9. The van der Waals surface area contributed by atoms with Crippen molar-refractivity contribution < 1.29 is 19.4 Å². The Balaban J connectivity index is 2.11. The van der Waals surface area contributed by atoms with Gasteiger partial charge in [0.15, 0.2) is 0 Å². The molecule has 0 saturated carbocycles. The van der Waals surface area contributed by atoms with Gasteiger partial charge < -0.3 is 15.2 Å². The standard InChI is InChI=1S/C18H22N2O4/c1-18(2,3)24-9-8-15(17(22)23)20-16(21)14-11-19-10-12-6-4-5-7-13(12)14/h4-7,10-11,15H,8-9H2,1-3H3,(H,20,21)(H,22,23). The third-order valence-corrected chi connectivity index (χ3v) is 3.46. The SMILES string of the molecule is CC(C)(C)OCCC(NC(=O)c1cncc2ccccc12)C(=O)O. The number of hydrogen-bond acceptors (Lipinski definition) is 4. The van der Waals surface area contributed by atoms with Crippen LogP contribution in [0.25, 0.3) is 10.8 Å². The molecule has 1 unspecified atom stereocenters. The van der Waals surface area contributed by atoms with Crippen molar-refractivity contribution >= 4 is 22.6 Å². The Hall–Kier alpha value is -2.47. The van der Waals surface area contributed by atoms with Gasteiger partial charge in [0.05, 0.1) is 11.2 Å². The van der Waals surface area contributed by atoms with E-state index in [2.05, 4.69) is 10.3 Å². The Labute approximate surface area is 140 Å². The van der Waals surface area contributed by atoms with E-state index in [9.17, 15) is 14.7 Å². The molecule has 1 atom stereocenters. The first-order chi connectivity index (χ1) is 11.3. The van der Waals surface area contributed by atoms with Crippen molar-refractivity contribution in [3.8, 4) is 0 Å². The van der Waals surface area contributed by atoms with Gasteiger partial charge in [-0.1, -0.05) is 24.3 Å². The van der Waals surface area contributed by atoms with Crippen LogP contribution in [0.15, 0.2) is 36.7 Å². The number of aromatic nitrogens is 1. The summed E-state index contributed by atoms with van der Waals surface area (Å²) < 4.78 is 5.54. The molecule has 0 fully saturated rings. The minimum Gasteiger partial charge on any atom is -0.480 e. The highest BCUT2D eigenvalue weighted by Gasteiger charge is 2.22. The monoisotopic (exact) mass is 330 g/mol. The number of benzene rings is 1. The van der Waals surface area contributed by atoms with Gasteiger partial charge in [-0.05, 0) is 26.2 Å². The maximum absolute atomic E-state index is 12.5. The van der Waals surface area contributed by atoms with Crippen LogP contribution in [0.5, 0.6) is 0 Å². The number of nitrogens with zero attached hydrogens (tertiary/aromatic N) is 1. The molecule has 24 heavy (non-hydrogen) atoms. The van der Waals surface area contributed by atoms with Crippen LogP contribution in [-0.4, -0.2) is 40.2 Å². The van der Waals surface area contributed by atoms with Gasteiger partial charge in [0, 0.05) is 30.8 Å². The summed E-state index contributed by atoms with van der Waals surface area (Å²) in [5.74, 6) is -1.54. The number of nitrogens with one attached hydrogen (secondary N) is 1. The minimum atomic E-state index is -1.09. The third kappa shape index (κ3) is 4.76. The van der Waals surface area contributed by atoms with Crippen molar-refractivity contribution in [3.63, 3.8) is 0 Å². The molecule has 0 aliphatic rings. The molecule has 0 aliphatic carbocycles. The fourth-order valence-corrected chi connectivity index (χ4v) is 2.27. The number of carboxylic acid groups (broad SMARTS) is 1. The lowest BCUT2D eigenvalue weighted by molar-refractivity contribution is -0.140. The van der Waals surface area contributed by atoms with E-state index >= 15 is 0 Å². The van der Waals surface area contributed by atoms with Gasteiger partial charge in [0.1, 0.15) is 6.04 Å². The summed E-state index contributed by atoms with van der Waals surface area (Å²) >= 11 is 0. The first-order valence-electron chi connectivity index (χ1n) is 7.78. The summed E-state index contributed by atoms with van der Waals surface area (Å²) in [7, 11) is 0. The summed E-state index contributed by atoms with van der Waals surface area (Å²) in [6.07, 6.45) is 3.30. The Kier molecular flexibility index (Phi) is 5.51. The normalized spacial score (nSPS) is 12.8. The van der Waals surface area contributed by atoms with Crippen LogP contribution in [0.1, 0.15) is 37.6 Å². The smallest absolute Gasteiger partial charge is 0.326 e. The van der Waals surface area contributed by atoms with Crippen molar-refractivity contribution in [2.45, 2.75) is 38.8 Å². The van der Waals surface area contributed by atoms with Crippen LogP contribution in [0.4, 0.5) is 0 Å². The molecule has 128 valence electrons. The lowest BCUT2D eigenvalue weighted by Crippen LogP contribution is -2.42. The van der Waals surface area contributed by atoms with E-state index in [4.69, 9.17) is 4.74 Å². The fraction of sp³-hybridized carbons (Fsp3) is 0.389. The van der Waals surface area contributed by atoms with Crippen LogP contribution in [0, 0.1) is 0 Å². The molecule has 0 radical (unpaired) electrons. The fourth-order valence-electron chi connectivity index (χ4n) is 2.27. The van der Waals surface area contributed by atoms with E-state index < -0.39 is 17.9 Å². The van der Waals surface area contributed by atoms with Crippen LogP contribution in [-0.2, 0) is 9.53 Å². The molecule has 0 saturated heterocycles. The van der Waals surface area contributed by atoms with Gasteiger partial charge in [0.2, 0.25) is 0 Å². The summed E-state index contributed by atoms with van der Waals surface area (Å²) in [4.78, 5) is 27.9. The van der Waals surface area contributed by atoms with Gasteiger partial charge in [0.25, 0.3) is 5.91 Å². The van der Waals surface area contributed by atoms with Gasteiger partial charge in [-0.2, -0.15) is 0 Å². The van der Waals surface area contributed by atoms with E-state index in [-0.39, 0.29) is 18.6 Å². The second-order valence-corrected chi connectivity index (χ2v) is 6.52. The molecule has 6 heteroatoms. The van der Waals surface area contributed by atoms with E-state index in [1.807, 2.05) is 45.0 Å². The Bertz CT molecular complexity index is 732. The molecule has 6 nitrogen and oxygen atoms in total. The number of rotatable bonds is 6. The van der Waals surface area contributed by atoms with Crippen LogP contribution in [0.2, 0.25) is 0 Å². The summed E-state index contributed by atoms with van der Waals surface area (Å²) in [6, 6.07) is 6.33. The Morgan fingerprint density at radius 2 is 1.96 bits per heavy atom. The topological polar surface area (TPSA) is 88.5 Å². The number of carbonyl (C=O) groups is 2. The molecule has 1 aromatic carbocycles. The Morgan fingerprint density at radius 3 is 2.62 bits per heavy atom. The number of aliphatic carboxylic acids is 1. The zero-order chi connectivity index (χ0) is 17.7. The highest BCUT2D eigenvalue weighted by Crippen LogP contribution is 2.17. The van der Waals surface area contributed by atoms with Gasteiger partial charge in [-0.15, -0.1) is 0 Å². The van der Waals surface area contributed by atoms with Crippen molar-refractivity contribution in [1.82, 2.24) is 10.3 Å². The quantitative estimate of drug-likeness (QED) is 0.850. The molecular weight excluding hydrogens is 308 g/mol. The lowest BCUT2D eigenvalue weighted by Gasteiger charge is -2.21. The van der Waals surface area contributed by atoms with E-state index in [1.165, 1.54) is 6.20 Å². The summed E-state index contributed by atoms with van der Waals surface area (Å²) in [5, 5.41) is 13.4. The van der Waals surface area contributed by atoms with Gasteiger partial charge >= 0.3 is 5.97 Å². The van der Waals surface area contributed by atoms with Crippen molar-refractivity contribution in [2.24, 2.45) is 0 Å². The van der Waals surface area contributed by atoms with Crippen LogP contribution in [0.3, 0.4) is 0 Å². The van der Waals surface area contributed by atoms with Crippen molar-refractivity contribution in [2.75, 3.05) is 6.61 Å². The highest BCUT2D eigenvalue weighted by atomic mass is 16.5. The second kappa shape index (κ2) is 7.40. The number of amides is 1. The van der Waals surface area contributed by atoms with Crippen molar-refractivity contribution in [1.29, 1.82) is 0 Å². The lowest BCUT2D eigenvalue weighted by atomic mass is 10.1. The molecule has 1 amide bonds. The van der Waals surface area contributed by atoms with E-state index in [0.717, 1.165) is 10.8 Å². The summed E-state index contributed by atoms with van der Waals surface area (Å²) in [6.45, 7) is 5.92. The number of ether oxygens (including phenoxy) is 1. The molecule has 1 aromatic heterocycles. The predicted octanol–water partition coefficient (Wildman–Crippen LogP) is 2.62. The minimum absolute atomic E-state index is 0.191. The number of carboxylic acids is 1. The number of pyridine rings is 1. The largest absolute Gasteiger partial charge is 0.480 e. The molecular formula is C18H22N2O4. The molecule has 2 rings (SSSR count). The second-order valence-electron chi connectivity index (χ2n) is 6.52. The third-order valence-electron chi connectivity index (χ3n) is 3.46. The number of carbonyl (C=O) groups excluding carboxylic acids is 1. The highest BCUT2D eigenvalue weighted by molar-refractivity contribution is 6.07. The number of fused-ring (bicyclic) bond motifs is 1. The van der Waals surface area contributed by atoms with Gasteiger partial charge in [-0.25, -0.2) is 4.79 Å². The maximum Gasteiger partial charge on any atom is 0.326 e. The van der Waals surface area contributed by atoms with Crippen molar-refractivity contribution in [3.05, 3.63) is 42.2 Å². The molecule has 2 aromatic rings. The molecule has 0 spiro atoms. The van der Waals surface area contributed by atoms with E-state index in [0.29, 0.717) is 5.56 Å². The maximum atomic E-state index is 12.5. The van der Waals surface area contributed by atoms with Gasteiger partial charge in [-0.3, -0.25) is 9.78 Å². The Morgan fingerprint density at radius 1 is 1.25 bits per heavy atom. The molecule has 2 N–H and O–H groups in total. The van der Waals surface area contributed by atoms with Crippen LogP contribution >= 0.6 is 0 Å². The zero-order valence-electron chi connectivity index (χ0n) is 14.1. The zero-order valence-corrected chi connectivity index (χ0v) is 14.1. The first-order valence-corrected chi connectivity index (χ1v) is 7.78. The van der Waals surface area contributed by atoms with Crippen LogP contribution < -0.4 is 5.32 Å². The number of hydrogen-bond donors (Lipinski definition) is 2.